The number of nitrogens with zero attached hydrogens (tertiary/aromatic N) is 1. The first kappa shape index (κ1) is 7.97. The van der Waals surface area contributed by atoms with Gasteiger partial charge in [-0.05, 0) is 18.1 Å². The Kier molecular flexibility index (Phi) is 1.65. The van der Waals surface area contributed by atoms with E-state index in [4.69, 9.17) is 0 Å². The number of nitro benzene ring substituents is 1. The lowest BCUT2D eigenvalue weighted by Crippen LogP contribution is -1.97. The summed E-state index contributed by atoms with van der Waals surface area (Å²) < 4.78 is 12.9. The highest BCUT2D eigenvalue weighted by Gasteiger charge is 2.22. The van der Waals surface area contributed by atoms with Crippen molar-refractivity contribution in [2.75, 3.05) is 11.9 Å². The summed E-state index contributed by atoms with van der Waals surface area (Å²) in [6.07, 6.45) is 0.647. The second kappa shape index (κ2) is 2.69. The van der Waals surface area contributed by atoms with Gasteiger partial charge in [0.1, 0.15) is 11.5 Å². The third kappa shape index (κ3) is 1.22. The molecule has 4 nitrogen and oxygen atoms in total. The maximum atomic E-state index is 12.9. The van der Waals surface area contributed by atoms with Gasteiger partial charge in [-0.15, -0.1) is 0 Å². The molecule has 1 aromatic rings. The van der Waals surface area contributed by atoms with Crippen molar-refractivity contribution in [1.29, 1.82) is 0 Å². The standard InChI is InChI=1S/C8H7FN2O2/c9-6-3-5-1-2-10-8(5)7(4-6)11(12)13/h3-4,10H,1-2H2. The molecule has 13 heavy (non-hydrogen) atoms. The molecule has 0 unspecified atom stereocenters. The van der Waals surface area contributed by atoms with Crippen LogP contribution in [0.25, 0.3) is 0 Å². The van der Waals surface area contributed by atoms with Crippen LogP contribution in [0, 0.1) is 15.9 Å². The summed E-state index contributed by atoms with van der Waals surface area (Å²) in [5.41, 5.74) is 0.977. The second-order valence-corrected chi connectivity index (χ2v) is 2.89. The van der Waals surface area contributed by atoms with Crippen LogP contribution in [0.2, 0.25) is 0 Å². The Balaban J connectivity index is 2.62. The molecular formula is C8H7FN2O2. The fourth-order valence-electron chi connectivity index (χ4n) is 1.51. The van der Waals surface area contributed by atoms with Crippen molar-refractivity contribution in [1.82, 2.24) is 0 Å². The predicted molar refractivity (Wildman–Crippen MR) is 45.2 cm³/mol. The molecule has 0 bridgehead atoms. The van der Waals surface area contributed by atoms with Gasteiger partial charge < -0.3 is 5.32 Å². The van der Waals surface area contributed by atoms with Crippen molar-refractivity contribution >= 4 is 11.4 Å². The van der Waals surface area contributed by atoms with Gasteiger partial charge in [0, 0.05) is 6.54 Å². The molecule has 0 spiro atoms. The number of fused-ring (bicyclic) bond motifs is 1. The first-order chi connectivity index (χ1) is 6.18. The maximum absolute atomic E-state index is 12.9. The van der Waals surface area contributed by atoms with E-state index in [1.165, 1.54) is 6.07 Å². The van der Waals surface area contributed by atoms with Crippen LogP contribution in [0.5, 0.6) is 0 Å². The molecule has 5 heteroatoms. The van der Waals surface area contributed by atoms with E-state index < -0.39 is 10.7 Å². The molecule has 0 amide bonds. The van der Waals surface area contributed by atoms with Crippen LogP contribution in [-0.4, -0.2) is 11.5 Å². The Morgan fingerprint density at radius 3 is 3.00 bits per heavy atom. The van der Waals surface area contributed by atoms with E-state index in [0.29, 0.717) is 24.2 Å². The van der Waals surface area contributed by atoms with Crippen LogP contribution in [0.1, 0.15) is 5.56 Å². The van der Waals surface area contributed by atoms with E-state index in [2.05, 4.69) is 5.32 Å². The zero-order valence-electron chi connectivity index (χ0n) is 6.71. The molecule has 1 N–H and O–H groups in total. The van der Waals surface area contributed by atoms with E-state index in [1.807, 2.05) is 0 Å². The number of nitro groups is 1. The zero-order valence-corrected chi connectivity index (χ0v) is 6.71. The first-order valence-electron chi connectivity index (χ1n) is 3.89. The van der Waals surface area contributed by atoms with Crippen molar-refractivity contribution in [2.24, 2.45) is 0 Å². The summed E-state index contributed by atoms with van der Waals surface area (Å²) in [5.74, 6) is -0.547. The quantitative estimate of drug-likeness (QED) is 0.531. The molecule has 1 aromatic carbocycles. The lowest BCUT2D eigenvalue weighted by molar-refractivity contribution is -0.384. The number of halogens is 1. The number of rotatable bonds is 1. The predicted octanol–water partition coefficient (Wildman–Crippen LogP) is 1.70. The zero-order chi connectivity index (χ0) is 9.42. The highest BCUT2D eigenvalue weighted by atomic mass is 19.1. The third-order valence-corrected chi connectivity index (χ3v) is 2.06. The minimum absolute atomic E-state index is 0.174. The van der Waals surface area contributed by atoms with Gasteiger partial charge in [-0.25, -0.2) is 4.39 Å². The van der Waals surface area contributed by atoms with Gasteiger partial charge in [0.15, 0.2) is 0 Å². The van der Waals surface area contributed by atoms with Gasteiger partial charge in [0.2, 0.25) is 0 Å². The maximum Gasteiger partial charge on any atom is 0.295 e. The third-order valence-electron chi connectivity index (χ3n) is 2.06. The largest absolute Gasteiger partial charge is 0.379 e. The molecule has 0 fully saturated rings. The van der Waals surface area contributed by atoms with Crippen LogP contribution in [0.3, 0.4) is 0 Å². The normalized spacial score (nSPS) is 13.6. The van der Waals surface area contributed by atoms with E-state index in [0.717, 1.165) is 6.07 Å². The molecule has 2 rings (SSSR count). The van der Waals surface area contributed by atoms with Crippen LogP contribution >= 0.6 is 0 Å². The van der Waals surface area contributed by atoms with Crippen LogP contribution < -0.4 is 5.32 Å². The van der Waals surface area contributed by atoms with Crippen molar-refractivity contribution in [3.8, 4) is 0 Å². The smallest absolute Gasteiger partial charge is 0.295 e. The summed E-state index contributed by atoms with van der Waals surface area (Å²) in [6.45, 7) is 0.639. The van der Waals surface area contributed by atoms with Gasteiger partial charge in [-0.2, -0.15) is 0 Å². The topological polar surface area (TPSA) is 55.2 Å². The number of benzene rings is 1. The summed E-state index contributed by atoms with van der Waals surface area (Å²) in [4.78, 5) is 9.94. The van der Waals surface area contributed by atoms with Crippen molar-refractivity contribution in [3.63, 3.8) is 0 Å². The summed E-state index contributed by atoms with van der Waals surface area (Å²) in [7, 11) is 0. The van der Waals surface area contributed by atoms with E-state index in [-0.39, 0.29) is 5.69 Å². The SMILES string of the molecule is O=[N+]([O-])c1cc(F)cc2c1NCC2. The molecule has 0 saturated heterocycles. The summed E-state index contributed by atoms with van der Waals surface area (Å²) in [5, 5.41) is 13.4. The molecule has 0 aromatic heterocycles. The number of nitrogens with one attached hydrogen (secondary N) is 1. The minimum Gasteiger partial charge on any atom is -0.379 e. The van der Waals surface area contributed by atoms with Gasteiger partial charge >= 0.3 is 0 Å². The molecule has 0 aliphatic carbocycles. The Morgan fingerprint density at radius 2 is 2.31 bits per heavy atom. The fraction of sp³-hybridized carbons (Fsp3) is 0.250. The second-order valence-electron chi connectivity index (χ2n) is 2.89. The van der Waals surface area contributed by atoms with Crippen LogP contribution in [0.15, 0.2) is 12.1 Å². The Bertz CT molecular complexity index is 379. The average Bonchev–Trinajstić information content (AvgIpc) is 2.49. The van der Waals surface area contributed by atoms with Crippen LogP contribution in [0.4, 0.5) is 15.8 Å². The number of hydrogen-bond acceptors (Lipinski definition) is 3. The van der Waals surface area contributed by atoms with Crippen LogP contribution in [-0.2, 0) is 6.42 Å². The molecule has 1 aliphatic rings. The van der Waals surface area contributed by atoms with Gasteiger partial charge in [0.05, 0.1) is 11.0 Å². The molecule has 0 atom stereocenters. The number of anilines is 1. The molecular weight excluding hydrogens is 175 g/mol. The summed E-state index contributed by atoms with van der Waals surface area (Å²) in [6, 6.07) is 2.28. The van der Waals surface area contributed by atoms with Gasteiger partial charge in [-0.3, -0.25) is 10.1 Å². The Labute approximate surface area is 73.5 Å². The molecule has 1 heterocycles. The van der Waals surface area contributed by atoms with Gasteiger partial charge in [0.25, 0.3) is 5.69 Å². The Morgan fingerprint density at radius 1 is 1.54 bits per heavy atom. The first-order valence-corrected chi connectivity index (χ1v) is 3.89. The van der Waals surface area contributed by atoms with E-state index in [1.54, 1.807) is 0 Å². The number of hydrogen-bond donors (Lipinski definition) is 1. The lowest BCUT2D eigenvalue weighted by Gasteiger charge is -2.00. The Hall–Kier alpha value is -1.65. The highest BCUT2D eigenvalue weighted by Crippen LogP contribution is 2.33. The average molecular weight is 182 g/mol. The van der Waals surface area contributed by atoms with Gasteiger partial charge in [-0.1, -0.05) is 0 Å². The molecule has 68 valence electrons. The molecule has 0 radical (unpaired) electrons. The summed E-state index contributed by atoms with van der Waals surface area (Å²) >= 11 is 0. The monoisotopic (exact) mass is 182 g/mol. The highest BCUT2D eigenvalue weighted by molar-refractivity contribution is 5.69. The molecule has 1 aliphatic heterocycles. The van der Waals surface area contributed by atoms with Crippen molar-refractivity contribution in [3.05, 3.63) is 33.6 Å². The fourth-order valence-corrected chi connectivity index (χ4v) is 1.51. The lowest BCUT2D eigenvalue weighted by atomic mass is 10.1. The van der Waals surface area contributed by atoms with E-state index >= 15 is 0 Å². The molecule has 0 saturated carbocycles. The van der Waals surface area contributed by atoms with Crippen molar-refractivity contribution < 1.29 is 9.31 Å². The van der Waals surface area contributed by atoms with Crippen molar-refractivity contribution in [2.45, 2.75) is 6.42 Å². The van der Waals surface area contributed by atoms with E-state index in [9.17, 15) is 14.5 Å². The minimum atomic E-state index is -0.569.